The van der Waals surface area contributed by atoms with E-state index >= 15 is 0 Å². The van der Waals surface area contributed by atoms with Crippen LogP contribution in [0, 0.1) is 0 Å². The van der Waals surface area contributed by atoms with Crippen LogP contribution >= 0.6 is 0 Å². The molecule has 0 aliphatic carbocycles. The largest absolute Gasteiger partial charge is 0.435 e. The highest BCUT2D eigenvalue weighted by Gasteiger charge is 2.08. The Balaban J connectivity index is 2.41. The SMILES string of the molecule is O=Cc1nc2cc(OC(F)F)ccc2o1. The van der Waals surface area contributed by atoms with Crippen LogP contribution in [0.25, 0.3) is 11.1 Å². The average molecular weight is 213 g/mol. The van der Waals surface area contributed by atoms with Gasteiger partial charge in [0.2, 0.25) is 6.29 Å². The summed E-state index contributed by atoms with van der Waals surface area (Å²) in [6, 6.07) is 4.00. The number of oxazole rings is 1. The van der Waals surface area contributed by atoms with Gasteiger partial charge in [-0.3, -0.25) is 4.79 Å². The number of fused-ring (bicyclic) bond motifs is 1. The van der Waals surface area contributed by atoms with Crippen molar-refractivity contribution >= 4 is 17.4 Å². The van der Waals surface area contributed by atoms with Gasteiger partial charge in [0.25, 0.3) is 5.89 Å². The highest BCUT2D eigenvalue weighted by molar-refractivity contribution is 5.79. The Morgan fingerprint density at radius 2 is 2.27 bits per heavy atom. The number of rotatable bonds is 3. The molecule has 0 aliphatic rings. The van der Waals surface area contributed by atoms with Crippen LogP contribution in [0.15, 0.2) is 22.6 Å². The van der Waals surface area contributed by atoms with E-state index in [1.165, 1.54) is 18.2 Å². The molecule has 6 heteroatoms. The second-order valence-corrected chi connectivity index (χ2v) is 2.68. The van der Waals surface area contributed by atoms with Gasteiger partial charge in [0.15, 0.2) is 5.58 Å². The maximum Gasteiger partial charge on any atom is 0.387 e. The van der Waals surface area contributed by atoms with Gasteiger partial charge in [0.1, 0.15) is 11.3 Å². The fourth-order valence-corrected chi connectivity index (χ4v) is 1.15. The van der Waals surface area contributed by atoms with Gasteiger partial charge in [0.05, 0.1) is 0 Å². The van der Waals surface area contributed by atoms with E-state index in [0.29, 0.717) is 17.4 Å². The Bertz CT molecular complexity index is 495. The van der Waals surface area contributed by atoms with Crippen LogP contribution in [0.5, 0.6) is 5.75 Å². The van der Waals surface area contributed by atoms with Crippen LogP contribution in [-0.2, 0) is 0 Å². The first-order valence-electron chi connectivity index (χ1n) is 3.99. The Kier molecular flexibility index (Phi) is 2.32. The summed E-state index contributed by atoms with van der Waals surface area (Å²) in [5, 5.41) is 0. The first-order valence-corrected chi connectivity index (χ1v) is 3.99. The molecule has 0 unspecified atom stereocenters. The number of aromatic nitrogens is 1. The van der Waals surface area contributed by atoms with E-state index in [4.69, 9.17) is 4.42 Å². The van der Waals surface area contributed by atoms with Crippen LogP contribution in [0.1, 0.15) is 10.7 Å². The van der Waals surface area contributed by atoms with Gasteiger partial charge in [0, 0.05) is 6.07 Å². The maximum absolute atomic E-state index is 11.9. The fourth-order valence-electron chi connectivity index (χ4n) is 1.15. The Morgan fingerprint density at radius 3 is 2.93 bits per heavy atom. The van der Waals surface area contributed by atoms with Crippen LogP contribution in [0.2, 0.25) is 0 Å². The molecule has 0 fully saturated rings. The minimum Gasteiger partial charge on any atom is -0.435 e. The second-order valence-electron chi connectivity index (χ2n) is 2.68. The van der Waals surface area contributed by atoms with Crippen molar-refractivity contribution in [2.45, 2.75) is 6.61 Å². The third kappa shape index (κ3) is 1.93. The van der Waals surface area contributed by atoms with Gasteiger partial charge in [-0.2, -0.15) is 8.78 Å². The molecular weight excluding hydrogens is 208 g/mol. The normalized spacial score (nSPS) is 10.9. The summed E-state index contributed by atoms with van der Waals surface area (Å²) in [5.41, 5.74) is 0.647. The molecule has 0 bridgehead atoms. The van der Waals surface area contributed by atoms with E-state index in [1.54, 1.807) is 0 Å². The van der Waals surface area contributed by atoms with Gasteiger partial charge < -0.3 is 9.15 Å². The van der Waals surface area contributed by atoms with Crippen molar-refractivity contribution in [2.24, 2.45) is 0 Å². The number of benzene rings is 1. The summed E-state index contributed by atoms with van der Waals surface area (Å²) < 4.78 is 32.9. The number of halogens is 2. The molecule has 1 aromatic heterocycles. The molecule has 2 aromatic rings. The number of carbonyl (C=O) groups is 1. The van der Waals surface area contributed by atoms with E-state index in [-0.39, 0.29) is 11.6 Å². The Labute approximate surface area is 82.5 Å². The molecule has 2 rings (SSSR count). The predicted octanol–water partition coefficient (Wildman–Crippen LogP) is 2.24. The average Bonchev–Trinajstić information content (AvgIpc) is 2.58. The standard InChI is InChI=1S/C9H5F2NO3/c10-9(11)14-5-1-2-7-6(3-5)12-8(4-13)15-7/h1-4,9H. The van der Waals surface area contributed by atoms with Gasteiger partial charge in [-0.1, -0.05) is 0 Å². The lowest BCUT2D eigenvalue weighted by Gasteiger charge is -2.02. The monoisotopic (exact) mass is 213 g/mol. The third-order valence-corrected chi connectivity index (χ3v) is 1.70. The topological polar surface area (TPSA) is 52.3 Å². The first-order chi connectivity index (χ1) is 7.19. The van der Waals surface area contributed by atoms with E-state index in [0.717, 1.165) is 0 Å². The van der Waals surface area contributed by atoms with Gasteiger partial charge in [-0.05, 0) is 12.1 Å². The summed E-state index contributed by atoms with van der Waals surface area (Å²) in [4.78, 5) is 14.1. The summed E-state index contributed by atoms with van der Waals surface area (Å²) in [6.07, 6.45) is 0.438. The predicted molar refractivity (Wildman–Crippen MR) is 46.0 cm³/mol. The number of carbonyl (C=O) groups excluding carboxylic acids is 1. The highest BCUT2D eigenvalue weighted by atomic mass is 19.3. The molecule has 0 saturated heterocycles. The smallest absolute Gasteiger partial charge is 0.387 e. The Hall–Kier alpha value is -1.98. The summed E-state index contributed by atoms with van der Waals surface area (Å²) in [6.45, 7) is -2.89. The van der Waals surface area contributed by atoms with Gasteiger partial charge in [-0.25, -0.2) is 4.98 Å². The molecule has 0 radical (unpaired) electrons. The number of hydrogen-bond donors (Lipinski definition) is 0. The molecule has 1 aromatic carbocycles. The van der Waals surface area contributed by atoms with E-state index in [1.807, 2.05) is 0 Å². The minimum absolute atomic E-state index is 0.0248. The van der Waals surface area contributed by atoms with Crippen LogP contribution in [0.3, 0.4) is 0 Å². The number of alkyl halides is 2. The molecule has 78 valence electrons. The molecule has 0 aliphatic heterocycles. The van der Waals surface area contributed by atoms with E-state index < -0.39 is 6.61 Å². The minimum atomic E-state index is -2.89. The van der Waals surface area contributed by atoms with Crippen molar-refractivity contribution in [1.29, 1.82) is 0 Å². The molecule has 0 spiro atoms. The van der Waals surface area contributed by atoms with E-state index in [9.17, 15) is 13.6 Å². The lowest BCUT2D eigenvalue weighted by molar-refractivity contribution is -0.0497. The molecule has 0 amide bonds. The van der Waals surface area contributed by atoms with Crippen molar-refractivity contribution in [3.05, 3.63) is 24.1 Å². The van der Waals surface area contributed by atoms with Crippen molar-refractivity contribution in [1.82, 2.24) is 4.98 Å². The fraction of sp³-hybridized carbons (Fsp3) is 0.111. The lowest BCUT2D eigenvalue weighted by atomic mass is 10.3. The molecule has 1 heterocycles. The van der Waals surface area contributed by atoms with E-state index in [2.05, 4.69) is 9.72 Å². The van der Waals surface area contributed by atoms with Crippen molar-refractivity contribution in [2.75, 3.05) is 0 Å². The molecule has 0 atom stereocenters. The summed E-state index contributed by atoms with van der Waals surface area (Å²) in [7, 11) is 0. The quantitative estimate of drug-likeness (QED) is 0.733. The maximum atomic E-state index is 11.9. The van der Waals surface area contributed by atoms with Crippen LogP contribution < -0.4 is 4.74 Å². The van der Waals surface area contributed by atoms with Crippen molar-refractivity contribution in [3.8, 4) is 5.75 Å². The number of aldehydes is 1. The molecule has 4 nitrogen and oxygen atoms in total. The van der Waals surface area contributed by atoms with Crippen molar-refractivity contribution < 1.29 is 22.7 Å². The third-order valence-electron chi connectivity index (χ3n) is 1.70. The molecular formula is C9H5F2NO3. The zero-order chi connectivity index (χ0) is 10.8. The zero-order valence-electron chi connectivity index (χ0n) is 7.31. The number of hydrogen-bond acceptors (Lipinski definition) is 4. The van der Waals surface area contributed by atoms with Gasteiger partial charge in [-0.15, -0.1) is 0 Å². The van der Waals surface area contributed by atoms with Crippen LogP contribution in [0.4, 0.5) is 8.78 Å². The molecule has 0 N–H and O–H groups in total. The Morgan fingerprint density at radius 1 is 1.47 bits per heavy atom. The molecule has 15 heavy (non-hydrogen) atoms. The second kappa shape index (κ2) is 3.64. The summed E-state index contributed by atoms with van der Waals surface area (Å²) >= 11 is 0. The van der Waals surface area contributed by atoms with Crippen LogP contribution in [-0.4, -0.2) is 17.9 Å². The lowest BCUT2D eigenvalue weighted by Crippen LogP contribution is -2.01. The number of nitrogens with zero attached hydrogens (tertiary/aromatic N) is 1. The summed E-state index contributed by atoms with van der Waals surface area (Å²) in [5.74, 6) is -0.123. The number of ether oxygens (including phenoxy) is 1. The molecule has 0 saturated carbocycles. The van der Waals surface area contributed by atoms with Crippen molar-refractivity contribution in [3.63, 3.8) is 0 Å². The highest BCUT2D eigenvalue weighted by Crippen LogP contribution is 2.22. The zero-order valence-corrected chi connectivity index (χ0v) is 7.31. The first kappa shape index (κ1) is 9.57. The van der Waals surface area contributed by atoms with Gasteiger partial charge >= 0.3 is 6.61 Å².